The van der Waals surface area contributed by atoms with Crippen molar-refractivity contribution < 1.29 is 28.6 Å². The molecule has 1 unspecified atom stereocenters. The second-order valence-corrected chi connectivity index (χ2v) is 19.9. The molecule has 0 fully saturated rings. The van der Waals surface area contributed by atoms with E-state index in [2.05, 4.69) is 57.2 Å². The van der Waals surface area contributed by atoms with Crippen molar-refractivity contribution in [1.29, 1.82) is 0 Å². The molecule has 0 aromatic carbocycles. The van der Waals surface area contributed by atoms with Crippen LogP contribution in [0.1, 0.15) is 316 Å². The summed E-state index contributed by atoms with van der Waals surface area (Å²) in [5.74, 6) is -0.892. The van der Waals surface area contributed by atoms with Crippen LogP contribution in [0.5, 0.6) is 0 Å². The summed E-state index contributed by atoms with van der Waals surface area (Å²) in [4.78, 5) is 38.1. The first-order valence-electron chi connectivity index (χ1n) is 29.5. The van der Waals surface area contributed by atoms with Crippen LogP contribution in [0.3, 0.4) is 0 Å². The lowest BCUT2D eigenvalue weighted by Gasteiger charge is -2.18. The number of hydrogen-bond acceptors (Lipinski definition) is 6. The SMILES string of the molecule is CC/C=C\C/C=C\C/C=C\CCCCCC(=O)OC(COC(=O)CCCCCCCCCCCCCC)COC(=O)CCCCCCCCCCCCCCCCCCCCCCCCCC. The number of ether oxygens (including phenoxy) is 3. The first-order valence-corrected chi connectivity index (χ1v) is 29.5. The third-order valence-corrected chi connectivity index (χ3v) is 13.2. The van der Waals surface area contributed by atoms with Crippen molar-refractivity contribution in [3.8, 4) is 0 Å². The smallest absolute Gasteiger partial charge is 0.306 e. The molecule has 0 rings (SSSR count). The molecule has 0 spiro atoms. The topological polar surface area (TPSA) is 78.9 Å². The van der Waals surface area contributed by atoms with Crippen LogP contribution in [0.25, 0.3) is 0 Å². The van der Waals surface area contributed by atoms with E-state index in [1.54, 1.807) is 0 Å². The lowest BCUT2D eigenvalue weighted by atomic mass is 10.0. The highest BCUT2D eigenvalue weighted by Crippen LogP contribution is 2.17. The minimum absolute atomic E-state index is 0.0794. The summed E-state index contributed by atoms with van der Waals surface area (Å²) in [7, 11) is 0. The van der Waals surface area contributed by atoms with Crippen LogP contribution in [0.15, 0.2) is 36.5 Å². The van der Waals surface area contributed by atoms with Crippen molar-refractivity contribution >= 4 is 17.9 Å². The minimum Gasteiger partial charge on any atom is -0.462 e. The second kappa shape index (κ2) is 56.2. The van der Waals surface area contributed by atoms with Gasteiger partial charge in [-0.25, -0.2) is 0 Å². The summed E-state index contributed by atoms with van der Waals surface area (Å²) in [6.45, 7) is 6.54. The Hall–Kier alpha value is -2.37. The molecular weight excluding hydrogens is 829 g/mol. The van der Waals surface area contributed by atoms with Crippen molar-refractivity contribution in [2.45, 2.75) is 322 Å². The zero-order valence-corrected chi connectivity index (χ0v) is 44.9. The average Bonchev–Trinajstić information content (AvgIpc) is 3.33. The van der Waals surface area contributed by atoms with Crippen molar-refractivity contribution in [2.75, 3.05) is 13.2 Å². The number of carbonyl (C=O) groups excluding carboxylic acids is 3. The lowest BCUT2D eigenvalue weighted by molar-refractivity contribution is -0.167. The fourth-order valence-electron chi connectivity index (χ4n) is 8.75. The fraction of sp³-hybridized carbons (Fsp3) is 0.852. The molecule has 0 amide bonds. The Labute approximate surface area is 416 Å². The molecule has 6 nitrogen and oxygen atoms in total. The van der Waals surface area contributed by atoms with Crippen molar-refractivity contribution in [3.05, 3.63) is 36.5 Å². The van der Waals surface area contributed by atoms with Crippen molar-refractivity contribution in [1.82, 2.24) is 0 Å². The van der Waals surface area contributed by atoms with Crippen LogP contribution in [0.4, 0.5) is 0 Å². The van der Waals surface area contributed by atoms with Crippen LogP contribution in [-0.2, 0) is 28.6 Å². The van der Waals surface area contributed by atoms with Crippen LogP contribution in [-0.4, -0.2) is 37.2 Å². The highest BCUT2D eigenvalue weighted by molar-refractivity contribution is 5.71. The van der Waals surface area contributed by atoms with E-state index in [0.29, 0.717) is 19.3 Å². The van der Waals surface area contributed by atoms with Gasteiger partial charge >= 0.3 is 17.9 Å². The van der Waals surface area contributed by atoms with Gasteiger partial charge < -0.3 is 14.2 Å². The first-order chi connectivity index (χ1) is 33.0. The molecule has 0 saturated heterocycles. The summed E-state index contributed by atoms with van der Waals surface area (Å²) >= 11 is 0. The standard InChI is InChI=1S/C61H112O6/c1-4-7-10-13-16-19-22-25-26-27-28-29-30-31-32-33-34-35-37-39-42-45-48-51-54-60(63)66-57-58(56-65-59(62)53-50-47-44-41-38-24-21-18-15-12-9-6-3)67-61(64)55-52-49-46-43-40-36-23-20-17-14-11-8-5-2/h8,11,17,20,36,40,58H,4-7,9-10,12-16,18-19,21-35,37-39,41-57H2,1-3H3/b11-8-,20-17-,40-36-. The van der Waals surface area contributed by atoms with Gasteiger partial charge in [-0.1, -0.05) is 282 Å². The number of rotatable bonds is 54. The molecular formula is C61H112O6. The van der Waals surface area contributed by atoms with Crippen molar-refractivity contribution in [2.24, 2.45) is 0 Å². The van der Waals surface area contributed by atoms with E-state index in [1.807, 2.05) is 0 Å². The van der Waals surface area contributed by atoms with E-state index in [4.69, 9.17) is 14.2 Å². The van der Waals surface area contributed by atoms with E-state index < -0.39 is 6.10 Å². The molecule has 0 aromatic rings. The van der Waals surface area contributed by atoms with Gasteiger partial charge in [-0.15, -0.1) is 0 Å². The van der Waals surface area contributed by atoms with E-state index in [9.17, 15) is 14.4 Å². The molecule has 1 atom stereocenters. The Morgan fingerprint density at radius 3 is 0.910 bits per heavy atom. The van der Waals surface area contributed by atoms with Gasteiger partial charge in [0, 0.05) is 19.3 Å². The number of carbonyl (C=O) groups is 3. The summed E-state index contributed by atoms with van der Waals surface area (Å²) in [5, 5.41) is 0. The predicted octanol–water partition coefficient (Wildman–Crippen LogP) is 19.7. The van der Waals surface area contributed by atoms with E-state index >= 15 is 0 Å². The van der Waals surface area contributed by atoms with E-state index in [1.165, 1.54) is 193 Å². The maximum absolute atomic E-state index is 12.8. The summed E-state index contributed by atoms with van der Waals surface area (Å²) in [6, 6.07) is 0. The zero-order chi connectivity index (χ0) is 48.6. The molecule has 0 bridgehead atoms. The normalized spacial score (nSPS) is 12.2. The largest absolute Gasteiger partial charge is 0.462 e. The van der Waals surface area contributed by atoms with Gasteiger partial charge in [0.2, 0.25) is 0 Å². The highest BCUT2D eigenvalue weighted by atomic mass is 16.6. The van der Waals surface area contributed by atoms with Gasteiger partial charge in [0.15, 0.2) is 6.10 Å². The second-order valence-electron chi connectivity index (χ2n) is 19.9. The third kappa shape index (κ3) is 54.4. The fourth-order valence-corrected chi connectivity index (χ4v) is 8.75. The Morgan fingerprint density at radius 2 is 0.582 bits per heavy atom. The number of unbranched alkanes of at least 4 members (excludes halogenated alkanes) is 37. The van der Waals surface area contributed by atoms with Crippen LogP contribution in [0, 0.1) is 0 Å². The molecule has 0 aliphatic heterocycles. The maximum atomic E-state index is 12.8. The summed E-state index contributed by atoms with van der Waals surface area (Å²) in [6.07, 6.45) is 67.3. The van der Waals surface area contributed by atoms with Gasteiger partial charge in [0.05, 0.1) is 0 Å². The summed E-state index contributed by atoms with van der Waals surface area (Å²) in [5.41, 5.74) is 0. The van der Waals surface area contributed by atoms with Gasteiger partial charge in [-0.2, -0.15) is 0 Å². The van der Waals surface area contributed by atoms with E-state index in [0.717, 1.165) is 83.5 Å². The van der Waals surface area contributed by atoms with Crippen molar-refractivity contribution in [3.63, 3.8) is 0 Å². The molecule has 0 aromatic heterocycles. The Kier molecular flexibility index (Phi) is 54.2. The molecule has 0 radical (unpaired) electrons. The monoisotopic (exact) mass is 941 g/mol. The highest BCUT2D eigenvalue weighted by Gasteiger charge is 2.19. The Bertz CT molecular complexity index is 1130. The zero-order valence-electron chi connectivity index (χ0n) is 44.9. The van der Waals surface area contributed by atoms with Gasteiger partial charge in [0.25, 0.3) is 0 Å². The Morgan fingerprint density at radius 1 is 0.313 bits per heavy atom. The van der Waals surface area contributed by atoms with Gasteiger partial charge in [-0.3, -0.25) is 14.4 Å². The van der Waals surface area contributed by atoms with Crippen LogP contribution >= 0.6 is 0 Å². The maximum Gasteiger partial charge on any atom is 0.306 e. The lowest BCUT2D eigenvalue weighted by Crippen LogP contribution is -2.30. The first kappa shape index (κ1) is 64.6. The quantitative estimate of drug-likeness (QED) is 0.0262. The minimum atomic E-state index is -0.782. The van der Waals surface area contributed by atoms with Crippen LogP contribution in [0.2, 0.25) is 0 Å². The van der Waals surface area contributed by atoms with Crippen LogP contribution < -0.4 is 0 Å². The number of hydrogen-bond donors (Lipinski definition) is 0. The van der Waals surface area contributed by atoms with Gasteiger partial charge in [-0.05, 0) is 51.4 Å². The molecule has 6 heteroatoms. The third-order valence-electron chi connectivity index (χ3n) is 13.2. The Balaban J connectivity index is 4.21. The number of allylic oxidation sites excluding steroid dienone is 6. The molecule has 0 aliphatic rings. The predicted molar refractivity (Wildman–Crippen MR) is 289 cm³/mol. The average molecular weight is 942 g/mol. The summed E-state index contributed by atoms with van der Waals surface area (Å²) < 4.78 is 16.8. The van der Waals surface area contributed by atoms with E-state index in [-0.39, 0.29) is 31.1 Å². The molecule has 0 aliphatic carbocycles. The van der Waals surface area contributed by atoms with Gasteiger partial charge in [0.1, 0.15) is 13.2 Å². The molecule has 0 saturated carbocycles. The molecule has 67 heavy (non-hydrogen) atoms. The molecule has 0 heterocycles. The molecule has 392 valence electrons. The molecule has 0 N–H and O–H groups in total. The number of esters is 3.